The number of anilines is 1. The van der Waals surface area contributed by atoms with Crippen molar-refractivity contribution in [3.8, 4) is 6.07 Å². The lowest BCUT2D eigenvalue weighted by Gasteiger charge is -2.30. The van der Waals surface area contributed by atoms with E-state index in [9.17, 15) is 18.8 Å². The summed E-state index contributed by atoms with van der Waals surface area (Å²) in [6.07, 6.45) is 1.88. The summed E-state index contributed by atoms with van der Waals surface area (Å²) in [6.45, 7) is -3.19. The fourth-order valence-electron chi connectivity index (χ4n) is 2.33. The lowest BCUT2D eigenvalue weighted by molar-refractivity contribution is -0.146. The largest absolute Gasteiger partial charge is 0.390 e. The van der Waals surface area contributed by atoms with Crippen LogP contribution in [0, 0.1) is 16.7 Å². The van der Waals surface area contributed by atoms with E-state index in [1.54, 1.807) is 0 Å². The first-order valence-corrected chi connectivity index (χ1v) is 6.49. The highest BCUT2D eigenvalue weighted by Crippen LogP contribution is 2.42. The van der Waals surface area contributed by atoms with Crippen LogP contribution in [0.5, 0.6) is 0 Å². The molecule has 2 N–H and O–H groups in total. The Bertz CT molecular complexity index is 539. The Balaban J connectivity index is 2.25. The van der Waals surface area contributed by atoms with E-state index in [0.717, 1.165) is 10.4 Å². The van der Waals surface area contributed by atoms with Crippen LogP contribution in [0.15, 0.2) is 0 Å². The van der Waals surface area contributed by atoms with Crippen LogP contribution < -0.4 is 5.73 Å². The number of nitrogens with two attached hydrogens (primary N) is 1. The second-order valence-corrected chi connectivity index (χ2v) is 5.68. The van der Waals surface area contributed by atoms with Crippen LogP contribution >= 0.6 is 11.3 Å². The molecule has 1 unspecified atom stereocenters. The van der Waals surface area contributed by atoms with Crippen LogP contribution in [-0.4, -0.2) is 19.5 Å². The van der Waals surface area contributed by atoms with E-state index >= 15 is 0 Å². The summed E-state index contributed by atoms with van der Waals surface area (Å²) in [4.78, 5) is 11.8. The van der Waals surface area contributed by atoms with Crippen molar-refractivity contribution in [2.75, 3.05) is 12.3 Å². The molecule has 0 amide bonds. The number of aldehydes is 1. The molecule has 1 atom stereocenters. The topological polar surface area (TPSA) is 76.1 Å². The van der Waals surface area contributed by atoms with E-state index in [4.69, 9.17) is 5.73 Å². The Labute approximate surface area is 112 Å². The van der Waals surface area contributed by atoms with Crippen molar-refractivity contribution in [2.45, 2.75) is 25.9 Å². The van der Waals surface area contributed by atoms with Gasteiger partial charge in [0, 0.05) is 11.3 Å². The first-order valence-electron chi connectivity index (χ1n) is 5.67. The van der Waals surface area contributed by atoms with Crippen molar-refractivity contribution in [3.63, 3.8) is 0 Å². The standard InChI is InChI=1S/C12H12F2N2O2S/c13-11(14)18-6-12(5-15)2-1-7-8(4-17)10(16)19-9(7)3-12/h4,11H,1-3,6,16H2. The molecular weight excluding hydrogens is 274 g/mol. The fraction of sp³-hybridized carbons (Fsp3) is 0.500. The van der Waals surface area contributed by atoms with Gasteiger partial charge in [0.1, 0.15) is 0 Å². The molecule has 7 heteroatoms. The molecule has 0 saturated carbocycles. The number of carbonyl (C=O) groups is 1. The van der Waals surface area contributed by atoms with E-state index < -0.39 is 12.0 Å². The van der Waals surface area contributed by atoms with Crippen molar-refractivity contribution < 1.29 is 18.3 Å². The summed E-state index contributed by atoms with van der Waals surface area (Å²) >= 11 is 1.25. The first kappa shape index (κ1) is 13.9. The van der Waals surface area contributed by atoms with Gasteiger partial charge in [0.15, 0.2) is 6.29 Å². The number of nitriles is 1. The molecular formula is C12H12F2N2O2S. The molecule has 1 aliphatic rings. The zero-order valence-corrected chi connectivity index (χ0v) is 10.8. The summed E-state index contributed by atoms with van der Waals surface area (Å²) in [5.41, 5.74) is 6.10. The van der Waals surface area contributed by atoms with Crippen LogP contribution in [-0.2, 0) is 17.6 Å². The summed E-state index contributed by atoms with van der Waals surface area (Å²) in [6, 6.07) is 2.08. The number of ether oxygens (including phenoxy) is 1. The average Bonchev–Trinajstić information content (AvgIpc) is 2.70. The van der Waals surface area contributed by atoms with E-state index in [-0.39, 0.29) is 6.61 Å². The predicted molar refractivity (Wildman–Crippen MR) is 66.1 cm³/mol. The van der Waals surface area contributed by atoms with E-state index in [2.05, 4.69) is 10.8 Å². The molecule has 2 rings (SSSR count). The molecule has 0 bridgehead atoms. The highest BCUT2D eigenvalue weighted by Gasteiger charge is 2.38. The van der Waals surface area contributed by atoms with Gasteiger partial charge in [0.05, 0.1) is 28.7 Å². The Hall–Kier alpha value is -1.52. The molecule has 1 aliphatic carbocycles. The van der Waals surface area contributed by atoms with Crippen LogP contribution in [0.3, 0.4) is 0 Å². The molecule has 0 spiro atoms. The van der Waals surface area contributed by atoms with Crippen LogP contribution in [0.4, 0.5) is 13.8 Å². The number of nitrogen functional groups attached to an aromatic ring is 1. The SMILES string of the molecule is N#CC1(COC(F)F)CCc2c(sc(N)c2C=O)C1. The van der Waals surface area contributed by atoms with Gasteiger partial charge in [-0.05, 0) is 18.4 Å². The number of thiophene rings is 1. The predicted octanol–water partition coefficient (Wildman–Crippen LogP) is 2.38. The number of carbonyl (C=O) groups excluding carboxylic acids is 1. The number of halogens is 2. The van der Waals surface area contributed by atoms with Gasteiger partial charge >= 0.3 is 6.61 Å². The maximum Gasteiger partial charge on any atom is 0.345 e. The minimum absolute atomic E-state index is 0.300. The molecule has 1 aromatic rings. The first-order chi connectivity index (χ1) is 9.01. The highest BCUT2D eigenvalue weighted by molar-refractivity contribution is 7.16. The zero-order chi connectivity index (χ0) is 14.0. The van der Waals surface area contributed by atoms with Gasteiger partial charge < -0.3 is 10.5 Å². The Morgan fingerprint density at radius 1 is 1.63 bits per heavy atom. The van der Waals surface area contributed by atoms with Gasteiger partial charge in [-0.2, -0.15) is 14.0 Å². The third-order valence-corrected chi connectivity index (χ3v) is 4.43. The maximum absolute atomic E-state index is 12.1. The second-order valence-electron chi connectivity index (χ2n) is 4.54. The average molecular weight is 286 g/mol. The normalized spacial score (nSPS) is 22.0. The summed E-state index contributed by atoms with van der Waals surface area (Å²) < 4.78 is 28.5. The van der Waals surface area contributed by atoms with Crippen molar-refractivity contribution in [3.05, 3.63) is 16.0 Å². The van der Waals surface area contributed by atoms with Crippen molar-refractivity contribution in [2.24, 2.45) is 5.41 Å². The van der Waals surface area contributed by atoms with Gasteiger partial charge in [-0.3, -0.25) is 4.79 Å². The van der Waals surface area contributed by atoms with Gasteiger partial charge in [0.2, 0.25) is 0 Å². The van der Waals surface area contributed by atoms with Crippen molar-refractivity contribution in [1.82, 2.24) is 0 Å². The lowest BCUT2D eigenvalue weighted by Crippen LogP contribution is -2.32. The Kier molecular flexibility index (Phi) is 3.83. The van der Waals surface area contributed by atoms with Gasteiger partial charge in [-0.1, -0.05) is 0 Å². The summed E-state index contributed by atoms with van der Waals surface area (Å²) in [5.74, 6) is 0. The molecule has 0 aromatic carbocycles. The van der Waals surface area contributed by atoms with Gasteiger partial charge in [-0.25, -0.2) is 0 Å². The third-order valence-electron chi connectivity index (χ3n) is 3.35. The molecule has 1 heterocycles. The number of fused-ring (bicyclic) bond motifs is 1. The molecule has 0 aliphatic heterocycles. The summed E-state index contributed by atoms with van der Waals surface area (Å²) in [7, 11) is 0. The second kappa shape index (κ2) is 5.23. The third kappa shape index (κ3) is 2.60. The molecule has 0 saturated heterocycles. The number of hydrogen-bond acceptors (Lipinski definition) is 5. The van der Waals surface area contributed by atoms with Gasteiger partial charge in [0.25, 0.3) is 0 Å². The van der Waals surface area contributed by atoms with Crippen LogP contribution in [0.1, 0.15) is 27.2 Å². The minimum Gasteiger partial charge on any atom is -0.390 e. The molecule has 19 heavy (non-hydrogen) atoms. The quantitative estimate of drug-likeness (QED) is 0.862. The van der Waals surface area contributed by atoms with E-state index in [1.165, 1.54) is 11.3 Å². The minimum atomic E-state index is -2.88. The maximum atomic E-state index is 12.1. The number of alkyl halides is 2. The molecule has 4 nitrogen and oxygen atoms in total. The number of rotatable bonds is 4. The zero-order valence-electron chi connectivity index (χ0n) is 9.99. The summed E-state index contributed by atoms with van der Waals surface area (Å²) in [5, 5.41) is 9.66. The van der Waals surface area contributed by atoms with E-state index in [0.29, 0.717) is 36.1 Å². The van der Waals surface area contributed by atoms with E-state index in [1.807, 2.05) is 0 Å². The highest BCUT2D eigenvalue weighted by atomic mass is 32.1. The smallest absolute Gasteiger partial charge is 0.345 e. The van der Waals surface area contributed by atoms with Crippen molar-refractivity contribution in [1.29, 1.82) is 5.26 Å². The van der Waals surface area contributed by atoms with Crippen molar-refractivity contribution >= 4 is 22.6 Å². The fourth-order valence-corrected chi connectivity index (χ4v) is 3.56. The lowest BCUT2D eigenvalue weighted by atomic mass is 9.75. The number of hydrogen-bond donors (Lipinski definition) is 1. The Morgan fingerprint density at radius 3 is 2.95 bits per heavy atom. The molecule has 1 aromatic heterocycles. The van der Waals surface area contributed by atoms with Crippen LogP contribution in [0.25, 0.3) is 0 Å². The molecule has 102 valence electrons. The monoisotopic (exact) mass is 286 g/mol. The number of nitrogens with zero attached hydrogens (tertiary/aromatic N) is 1. The molecule has 0 fully saturated rings. The van der Waals surface area contributed by atoms with Crippen LogP contribution in [0.2, 0.25) is 0 Å². The molecule has 0 radical (unpaired) electrons. The van der Waals surface area contributed by atoms with Gasteiger partial charge in [-0.15, -0.1) is 11.3 Å². The Morgan fingerprint density at radius 2 is 2.37 bits per heavy atom.